The van der Waals surface area contributed by atoms with Gasteiger partial charge in [0.15, 0.2) is 11.5 Å². The van der Waals surface area contributed by atoms with Crippen molar-refractivity contribution >= 4 is 34.7 Å². The molecule has 7 nitrogen and oxygen atoms in total. The number of hydrogen-bond donors (Lipinski definition) is 3. The zero-order chi connectivity index (χ0) is 14.0. The molecule has 0 aliphatic carbocycles. The number of benzene rings is 1. The molecule has 1 heterocycles. The monoisotopic (exact) mass is 278 g/mol. The van der Waals surface area contributed by atoms with Crippen molar-refractivity contribution in [2.75, 3.05) is 11.5 Å². The van der Waals surface area contributed by atoms with E-state index in [2.05, 4.69) is 20.2 Å². The van der Waals surface area contributed by atoms with Crippen LogP contribution in [0.3, 0.4) is 0 Å². The van der Waals surface area contributed by atoms with Crippen LogP contribution in [0.2, 0.25) is 5.02 Å². The fraction of sp³-hybridized carbons (Fsp3) is 0.0909. The summed E-state index contributed by atoms with van der Waals surface area (Å²) in [7, 11) is 0. The first-order valence-corrected chi connectivity index (χ1v) is 5.69. The van der Waals surface area contributed by atoms with Crippen LogP contribution >= 0.6 is 11.6 Å². The van der Waals surface area contributed by atoms with Crippen molar-refractivity contribution < 1.29 is 0 Å². The summed E-state index contributed by atoms with van der Waals surface area (Å²) in [4.78, 5) is 17.6. The van der Waals surface area contributed by atoms with Crippen molar-refractivity contribution in [2.45, 2.75) is 6.92 Å². The van der Waals surface area contributed by atoms with Crippen molar-refractivity contribution in [2.24, 2.45) is 10.2 Å². The predicted molar refractivity (Wildman–Crippen MR) is 74.0 cm³/mol. The molecule has 0 unspecified atom stereocenters. The number of aromatic nitrogens is 2. The van der Waals surface area contributed by atoms with Crippen molar-refractivity contribution in [3.8, 4) is 0 Å². The number of nitrogen functional groups attached to an aromatic ring is 2. The summed E-state index contributed by atoms with van der Waals surface area (Å²) in [6, 6.07) is 5.30. The van der Waals surface area contributed by atoms with Gasteiger partial charge >= 0.3 is 0 Å². The minimum atomic E-state index is -0.557. The number of rotatable bonds is 2. The lowest BCUT2D eigenvalue weighted by Crippen LogP contribution is -2.12. The average molecular weight is 279 g/mol. The number of azo groups is 1. The van der Waals surface area contributed by atoms with E-state index in [1.165, 1.54) is 0 Å². The van der Waals surface area contributed by atoms with Gasteiger partial charge in [0.1, 0.15) is 5.69 Å². The third kappa shape index (κ3) is 2.71. The number of nitrogens with two attached hydrogens (primary N) is 2. The van der Waals surface area contributed by atoms with Gasteiger partial charge in [0, 0.05) is 0 Å². The van der Waals surface area contributed by atoms with E-state index in [9.17, 15) is 4.79 Å². The molecule has 0 saturated heterocycles. The lowest BCUT2D eigenvalue weighted by molar-refractivity contribution is 1.10. The van der Waals surface area contributed by atoms with Crippen LogP contribution in [-0.4, -0.2) is 9.97 Å². The van der Waals surface area contributed by atoms with Gasteiger partial charge in [-0.3, -0.25) is 9.78 Å². The van der Waals surface area contributed by atoms with Gasteiger partial charge < -0.3 is 11.5 Å². The van der Waals surface area contributed by atoms with Gasteiger partial charge in [0.25, 0.3) is 5.56 Å². The zero-order valence-electron chi connectivity index (χ0n) is 10.0. The molecule has 0 radical (unpaired) electrons. The van der Waals surface area contributed by atoms with E-state index in [0.717, 1.165) is 5.56 Å². The summed E-state index contributed by atoms with van der Waals surface area (Å²) < 4.78 is 0. The predicted octanol–water partition coefficient (Wildman–Crippen LogP) is 2.31. The van der Waals surface area contributed by atoms with Crippen LogP contribution < -0.4 is 17.0 Å². The SMILES string of the molecule is Cc1cccc(Cl)c1N=Nc1c(N)nc(N)[nH]c1=O. The minimum absolute atomic E-state index is 0.0737. The number of nitrogens with one attached hydrogen (secondary N) is 1. The second kappa shape index (κ2) is 5.07. The lowest BCUT2D eigenvalue weighted by Gasteiger charge is -2.01. The summed E-state index contributed by atoms with van der Waals surface area (Å²) in [5, 5.41) is 8.16. The van der Waals surface area contributed by atoms with Gasteiger partial charge in [-0.15, -0.1) is 10.2 Å². The van der Waals surface area contributed by atoms with E-state index in [1.54, 1.807) is 12.1 Å². The Morgan fingerprint density at radius 1 is 1.26 bits per heavy atom. The van der Waals surface area contributed by atoms with E-state index >= 15 is 0 Å². The Bertz CT molecular complexity index is 689. The maximum atomic E-state index is 11.6. The first-order chi connectivity index (χ1) is 8.99. The molecule has 0 bridgehead atoms. The van der Waals surface area contributed by atoms with Gasteiger partial charge in [-0.2, -0.15) is 4.98 Å². The third-order valence-electron chi connectivity index (χ3n) is 2.38. The first kappa shape index (κ1) is 13.0. The maximum Gasteiger partial charge on any atom is 0.282 e. The Hall–Kier alpha value is -2.41. The molecule has 0 aliphatic rings. The Kier molecular flexibility index (Phi) is 3.48. The zero-order valence-corrected chi connectivity index (χ0v) is 10.8. The molecular formula is C11H11ClN6O. The van der Waals surface area contributed by atoms with Crippen molar-refractivity contribution in [1.29, 1.82) is 0 Å². The van der Waals surface area contributed by atoms with Crippen molar-refractivity contribution in [3.63, 3.8) is 0 Å². The summed E-state index contributed by atoms with van der Waals surface area (Å²) in [5.74, 6) is -0.162. The molecular weight excluding hydrogens is 268 g/mol. The maximum absolute atomic E-state index is 11.6. The molecule has 1 aromatic carbocycles. The number of anilines is 2. The van der Waals surface area contributed by atoms with Crippen LogP contribution in [0.4, 0.5) is 23.1 Å². The molecule has 0 amide bonds. The van der Waals surface area contributed by atoms with E-state index in [0.29, 0.717) is 10.7 Å². The lowest BCUT2D eigenvalue weighted by atomic mass is 10.2. The van der Waals surface area contributed by atoms with E-state index in [1.807, 2.05) is 13.0 Å². The van der Waals surface area contributed by atoms with E-state index < -0.39 is 5.56 Å². The number of aromatic amines is 1. The quantitative estimate of drug-likeness (QED) is 0.729. The summed E-state index contributed by atoms with van der Waals surface area (Å²) in [6.45, 7) is 1.83. The highest BCUT2D eigenvalue weighted by Gasteiger charge is 2.08. The van der Waals surface area contributed by atoms with E-state index in [-0.39, 0.29) is 17.5 Å². The second-order valence-electron chi connectivity index (χ2n) is 3.79. The summed E-state index contributed by atoms with van der Waals surface area (Å²) >= 11 is 5.99. The summed E-state index contributed by atoms with van der Waals surface area (Å²) in [6.07, 6.45) is 0. The number of H-pyrrole nitrogens is 1. The molecule has 98 valence electrons. The van der Waals surface area contributed by atoms with Gasteiger partial charge in [-0.05, 0) is 18.6 Å². The third-order valence-corrected chi connectivity index (χ3v) is 2.68. The largest absolute Gasteiger partial charge is 0.382 e. The Morgan fingerprint density at radius 3 is 2.58 bits per heavy atom. The smallest absolute Gasteiger partial charge is 0.282 e. The van der Waals surface area contributed by atoms with Crippen LogP contribution in [0.15, 0.2) is 33.2 Å². The number of nitrogens with zero attached hydrogens (tertiary/aromatic N) is 3. The van der Waals surface area contributed by atoms with Crippen LogP contribution in [0, 0.1) is 6.92 Å². The standard InChI is InChI=1S/C11H11ClN6O/c1-5-3-2-4-6(12)7(5)17-18-8-9(13)15-11(14)16-10(8)19/h2-4H,1H3,(H5,13,14,15,16,19). The highest BCUT2D eigenvalue weighted by molar-refractivity contribution is 6.33. The fourth-order valence-corrected chi connectivity index (χ4v) is 1.71. The molecule has 0 saturated carbocycles. The average Bonchev–Trinajstić information content (AvgIpc) is 2.31. The van der Waals surface area contributed by atoms with Crippen molar-refractivity contribution in [3.05, 3.63) is 39.1 Å². The Labute approximate surface area is 113 Å². The van der Waals surface area contributed by atoms with Crippen LogP contribution in [0.25, 0.3) is 0 Å². The van der Waals surface area contributed by atoms with Gasteiger partial charge in [0.2, 0.25) is 5.95 Å². The minimum Gasteiger partial charge on any atom is -0.382 e. The molecule has 5 N–H and O–H groups in total. The van der Waals surface area contributed by atoms with Crippen molar-refractivity contribution in [1.82, 2.24) is 9.97 Å². The number of halogens is 1. The molecule has 1 aromatic heterocycles. The number of hydrogen-bond acceptors (Lipinski definition) is 6. The molecule has 0 aliphatic heterocycles. The van der Waals surface area contributed by atoms with Gasteiger partial charge in [-0.1, -0.05) is 23.7 Å². The van der Waals surface area contributed by atoms with Crippen LogP contribution in [0.5, 0.6) is 0 Å². The topological polar surface area (TPSA) is 123 Å². The Balaban J connectivity index is 2.47. The molecule has 2 aromatic rings. The molecule has 19 heavy (non-hydrogen) atoms. The molecule has 2 rings (SSSR count). The normalized spacial score (nSPS) is 11.1. The molecule has 0 atom stereocenters. The highest BCUT2D eigenvalue weighted by Crippen LogP contribution is 2.30. The highest BCUT2D eigenvalue weighted by atomic mass is 35.5. The van der Waals surface area contributed by atoms with Crippen LogP contribution in [-0.2, 0) is 0 Å². The second-order valence-corrected chi connectivity index (χ2v) is 4.20. The fourth-order valence-electron chi connectivity index (χ4n) is 1.45. The summed E-state index contributed by atoms with van der Waals surface area (Å²) in [5.41, 5.74) is 11.5. The number of aryl methyl sites for hydroxylation is 1. The molecule has 0 fully saturated rings. The molecule has 0 spiro atoms. The van der Waals surface area contributed by atoms with Gasteiger partial charge in [-0.25, -0.2) is 0 Å². The van der Waals surface area contributed by atoms with Gasteiger partial charge in [0.05, 0.1) is 5.02 Å². The Morgan fingerprint density at radius 2 is 1.95 bits per heavy atom. The first-order valence-electron chi connectivity index (χ1n) is 5.31. The van der Waals surface area contributed by atoms with E-state index in [4.69, 9.17) is 23.1 Å². The molecule has 8 heteroatoms. The van der Waals surface area contributed by atoms with Crippen LogP contribution in [0.1, 0.15) is 5.56 Å².